The van der Waals surface area contributed by atoms with E-state index >= 15 is 0 Å². The van der Waals surface area contributed by atoms with Crippen molar-refractivity contribution in [3.63, 3.8) is 0 Å². The second-order valence-electron chi connectivity index (χ2n) is 3.07. The van der Waals surface area contributed by atoms with Gasteiger partial charge in [0, 0.05) is 17.7 Å². The molecular weight excluding hydrogens is 130 g/mol. The van der Waals surface area contributed by atoms with E-state index in [-0.39, 0.29) is 0 Å². The highest BCUT2D eigenvalue weighted by molar-refractivity contribution is 7.99. The van der Waals surface area contributed by atoms with Crippen molar-refractivity contribution in [1.29, 1.82) is 0 Å². The summed E-state index contributed by atoms with van der Waals surface area (Å²) < 4.78 is 0. The maximum absolute atomic E-state index is 2.44. The fraction of sp³-hybridized carbons (Fsp3) is 1.00. The Balaban J connectivity index is 2.40. The number of nitrogens with zero attached hydrogens (tertiary/aromatic N) is 1. The standard InChI is InChI=1S/C7H15NS/c1-6(2)7-4-9-5-8(7)3/h6-7H,4-5H2,1-3H3. The molecule has 0 aromatic heterocycles. The lowest BCUT2D eigenvalue weighted by Crippen LogP contribution is -2.31. The van der Waals surface area contributed by atoms with Gasteiger partial charge < -0.3 is 0 Å². The van der Waals surface area contributed by atoms with Crippen LogP contribution < -0.4 is 0 Å². The van der Waals surface area contributed by atoms with Crippen LogP contribution in [-0.4, -0.2) is 29.6 Å². The van der Waals surface area contributed by atoms with Gasteiger partial charge in [0.2, 0.25) is 0 Å². The van der Waals surface area contributed by atoms with Crippen molar-refractivity contribution in [2.45, 2.75) is 19.9 Å². The lowest BCUT2D eigenvalue weighted by Gasteiger charge is -2.21. The van der Waals surface area contributed by atoms with Gasteiger partial charge >= 0.3 is 0 Å². The minimum Gasteiger partial charge on any atom is -0.293 e. The first kappa shape index (κ1) is 7.42. The summed E-state index contributed by atoms with van der Waals surface area (Å²) in [6.07, 6.45) is 0. The molecule has 0 aromatic rings. The number of rotatable bonds is 1. The number of thioether (sulfide) groups is 1. The van der Waals surface area contributed by atoms with Crippen LogP contribution in [0.1, 0.15) is 13.8 Å². The van der Waals surface area contributed by atoms with Crippen molar-refractivity contribution >= 4 is 11.8 Å². The Kier molecular flexibility index (Phi) is 2.42. The Morgan fingerprint density at radius 2 is 2.22 bits per heavy atom. The highest BCUT2D eigenvalue weighted by Gasteiger charge is 2.23. The molecule has 1 saturated heterocycles. The SMILES string of the molecule is CC(C)C1CSCN1C. The summed E-state index contributed by atoms with van der Waals surface area (Å²) in [6.45, 7) is 4.60. The molecule has 1 atom stereocenters. The molecule has 1 rings (SSSR count). The molecule has 0 aromatic carbocycles. The zero-order chi connectivity index (χ0) is 6.85. The normalized spacial score (nSPS) is 30.0. The van der Waals surface area contributed by atoms with E-state index in [0.717, 1.165) is 12.0 Å². The second-order valence-corrected chi connectivity index (χ2v) is 4.07. The van der Waals surface area contributed by atoms with Crippen LogP contribution in [0.25, 0.3) is 0 Å². The van der Waals surface area contributed by atoms with Gasteiger partial charge in [-0.2, -0.15) is 0 Å². The maximum atomic E-state index is 2.44. The third-order valence-corrected chi connectivity index (χ3v) is 3.09. The lowest BCUT2D eigenvalue weighted by atomic mass is 10.1. The molecule has 54 valence electrons. The van der Waals surface area contributed by atoms with Gasteiger partial charge in [-0.15, -0.1) is 11.8 Å². The minimum absolute atomic E-state index is 0.824. The van der Waals surface area contributed by atoms with Gasteiger partial charge in [0.15, 0.2) is 0 Å². The van der Waals surface area contributed by atoms with Gasteiger partial charge in [0.05, 0.1) is 0 Å². The fourth-order valence-electron chi connectivity index (χ4n) is 1.24. The summed E-state index contributed by atoms with van der Waals surface area (Å²) in [6, 6.07) is 0.829. The van der Waals surface area contributed by atoms with Crippen LogP contribution in [0.3, 0.4) is 0 Å². The molecule has 0 amide bonds. The molecule has 1 fully saturated rings. The first-order valence-electron chi connectivity index (χ1n) is 3.50. The van der Waals surface area contributed by atoms with E-state index in [0.29, 0.717) is 0 Å². The van der Waals surface area contributed by atoms with Crippen molar-refractivity contribution < 1.29 is 0 Å². The number of hydrogen-bond donors (Lipinski definition) is 0. The van der Waals surface area contributed by atoms with Crippen LogP contribution in [0, 0.1) is 5.92 Å². The van der Waals surface area contributed by atoms with E-state index in [4.69, 9.17) is 0 Å². The predicted octanol–water partition coefficient (Wildman–Crippen LogP) is 1.65. The Morgan fingerprint density at radius 3 is 2.44 bits per heavy atom. The van der Waals surface area contributed by atoms with Crippen molar-refractivity contribution in [2.24, 2.45) is 5.92 Å². The molecule has 1 nitrogen and oxygen atoms in total. The summed E-state index contributed by atoms with van der Waals surface area (Å²) in [4.78, 5) is 2.44. The quantitative estimate of drug-likeness (QED) is 0.552. The van der Waals surface area contributed by atoms with Gasteiger partial charge in [0.1, 0.15) is 0 Å². The summed E-state index contributed by atoms with van der Waals surface area (Å²) in [5.41, 5.74) is 0. The topological polar surface area (TPSA) is 3.24 Å². The van der Waals surface area contributed by atoms with E-state index in [9.17, 15) is 0 Å². The second kappa shape index (κ2) is 2.93. The van der Waals surface area contributed by atoms with Crippen molar-refractivity contribution in [3.8, 4) is 0 Å². The maximum Gasteiger partial charge on any atom is 0.0445 e. The smallest absolute Gasteiger partial charge is 0.0445 e. The van der Waals surface area contributed by atoms with Crippen LogP contribution >= 0.6 is 11.8 Å². The van der Waals surface area contributed by atoms with Crippen molar-refractivity contribution in [1.82, 2.24) is 4.90 Å². The Hall–Kier alpha value is 0.310. The Morgan fingerprint density at radius 1 is 1.56 bits per heavy atom. The zero-order valence-electron chi connectivity index (χ0n) is 6.42. The van der Waals surface area contributed by atoms with Crippen molar-refractivity contribution in [2.75, 3.05) is 18.7 Å². The minimum atomic E-state index is 0.824. The summed E-state index contributed by atoms with van der Waals surface area (Å²) in [5.74, 6) is 3.38. The van der Waals surface area contributed by atoms with Gasteiger partial charge in [-0.05, 0) is 13.0 Å². The average Bonchev–Trinajstić information content (AvgIpc) is 2.13. The van der Waals surface area contributed by atoms with E-state index in [1.807, 2.05) is 11.8 Å². The van der Waals surface area contributed by atoms with Crippen LogP contribution in [0.5, 0.6) is 0 Å². The molecule has 0 aliphatic carbocycles. The molecule has 2 heteroatoms. The molecule has 1 heterocycles. The van der Waals surface area contributed by atoms with E-state index < -0.39 is 0 Å². The Labute approximate surface area is 61.8 Å². The van der Waals surface area contributed by atoms with E-state index in [1.165, 1.54) is 11.6 Å². The van der Waals surface area contributed by atoms with Crippen LogP contribution in [0.2, 0.25) is 0 Å². The molecule has 0 saturated carbocycles. The molecule has 0 N–H and O–H groups in total. The number of hydrogen-bond acceptors (Lipinski definition) is 2. The molecule has 1 aliphatic rings. The van der Waals surface area contributed by atoms with Gasteiger partial charge in [-0.1, -0.05) is 13.8 Å². The highest BCUT2D eigenvalue weighted by atomic mass is 32.2. The van der Waals surface area contributed by atoms with Gasteiger partial charge in [-0.25, -0.2) is 0 Å². The fourth-order valence-corrected chi connectivity index (χ4v) is 2.71. The average molecular weight is 145 g/mol. The van der Waals surface area contributed by atoms with E-state index in [1.54, 1.807) is 0 Å². The van der Waals surface area contributed by atoms with Crippen LogP contribution in [-0.2, 0) is 0 Å². The van der Waals surface area contributed by atoms with Crippen molar-refractivity contribution in [3.05, 3.63) is 0 Å². The van der Waals surface area contributed by atoms with Gasteiger partial charge in [0.25, 0.3) is 0 Å². The summed E-state index contributed by atoms with van der Waals surface area (Å²) in [5, 5.41) is 0. The summed E-state index contributed by atoms with van der Waals surface area (Å²) >= 11 is 2.04. The van der Waals surface area contributed by atoms with Crippen LogP contribution in [0.4, 0.5) is 0 Å². The van der Waals surface area contributed by atoms with E-state index in [2.05, 4.69) is 25.8 Å². The zero-order valence-corrected chi connectivity index (χ0v) is 7.24. The lowest BCUT2D eigenvalue weighted by molar-refractivity contribution is 0.261. The first-order chi connectivity index (χ1) is 4.22. The summed E-state index contributed by atoms with van der Waals surface area (Å²) in [7, 11) is 2.21. The first-order valence-corrected chi connectivity index (χ1v) is 4.65. The third-order valence-electron chi connectivity index (χ3n) is 1.92. The largest absolute Gasteiger partial charge is 0.293 e. The highest BCUT2D eigenvalue weighted by Crippen LogP contribution is 2.23. The monoisotopic (exact) mass is 145 g/mol. The molecule has 0 bridgehead atoms. The van der Waals surface area contributed by atoms with Crippen LogP contribution in [0.15, 0.2) is 0 Å². The Bertz CT molecular complexity index is 92.9. The molecular formula is C7H15NS. The molecule has 1 aliphatic heterocycles. The molecule has 0 spiro atoms. The molecule has 9 heavy (non-hydrogen) atoms. The molecule has 0 radical (unpaired) electrons. The predicted molar refractivity (Wildman–Crippen MR) is 43.7 cm³/mol. The third kappa shape index (κ3) is 1.62. The molecule has 1 unspecified atom stereocenters. The van der Waals surface area contributed by atoms with Gasteiger partial charge in [-0.3, -0.25) is 4.90 Å².